The fourth-order valence-electron chi connectivity index (χ4n) is 2.35. The molecule has 0 fully saturated rings. The van der Waals surface area contributed by atoms with E-state index in [0.29, 0.717) is 18.6 Å². The highest BCUT2D eigenvalue weighted by Crippen LogP contribution is 2.26. The lowest BCUT2D eigenvalue weighted by molar-refractivity contribution is -0.117. The summed E-state index contributed by atoms with van der Waals surface area (Å²) < 4.78 is 0. The number of aromatic nitrogens is 1. The fourth-order valence-corrected chi connectivity index (χ4v) is 2.35. The average molecular weight is 223 g/mol. The largest absolute Gasteiger partial charge is 0.299 e. The van der Waals surface area contributed by atoms with Gasteiger partial charge in [-0.3, -0.25) is 9.78 Å². The number of aryl methyl sites for hydroxylation is 1. The van der Waals surface area contributed by atoms with Gasteiger partial charge in [-0.15, -0.1) is 0 Å². The first-order valence-corrected chi connectivity index (χ1v) is 5.79. The van der Waals surface area contributed by atoms with E-state index in [1.165, 1.54) is 22.3 Å². The molecule has 1 aromatic carbocycles. The van der Waals surface area contributed by atoms with Gasteiger partial charge in [-0.2, -0.15) is 0 Å². The minimum atomic E-state index is 0.322. The highest BCUT2D eigenvalue weighted by Gasteiger charge is 2.18. The molecule has 84 valence electrons. The summed E-state index contributed by atoms with van der Waals surface area (Å²) in [4.78, 5) is 15.6. The second kappa shape index (κ2) is 3.81. The molecule has 1 aromatic heterocycles. The number of ketones is 1. The van der Waals surface area contributed by atoms with Crippen LogP contribution in [0.2, 0.25) is 0 Å². The van der Waals surface area contributed by atoms with Gasteiger partial charge in [0.2, 0.25) is 0 Å². The Morgan fingerprint density at radius 3 is 2.59 bits per heavy atom. The van der Waals surface area contributed by atoms with Crippen LogP contribution in [0.15, 0.2) is 36.5 Å². The second-order valence-electron chi connectivity index (χ2n) is 4.56. The Balaban J connectivity index is 2.06. The zero-order valence-corrected chi connectivity index (χ0v) is 9.73. The van der Waals surface area contributed by atoms with Crippen LogP contribution in [-0.2, 0) is 17.6 Å². The molecule has 0 N–H and O–H groups in total. The lowest BCUT2D eigenvalue weighted by Crippen LogP contribution is -1.92. The van der Waals surface area contributed by atoms with Crippen LogP contribution in [0, 0.1) is 6.92 Å². The molecule has 2 heteroatoms. The molecular weight excluding hydrogens is 210 g/mol. The molecule has 0 unspecified atom stereocenters. The summed E-state index contributed by atoms with van der Waals surface area (Å²) in [6.07, 6.45) is 3.02. The van der Waals surface area contributed by atoms with E-state index in [1.54, 1.807) is 0 Å². The van der Waals surface area contributed by atoms with E-state index in [9.17, 15) is 4.79 Å². The zero-order valence-electron chi connectivity index (χ0n) is 9.73. The molecule has 0 saturated heterocycles. The molecular formula is C15H13NO. The van der Waals surface area contributed by atoms with Crippen molar-refractivity contribution in [3.05, 3.63) is 53.3 Å². The molecule has 3 rings (SSSR count). The van der Waals surface area contributed by atoms with Crippen LogP contribution in [0.4, 0.5) is 0 Å². The molecule has 1 aliphatic carbocycles. The van der Waals surface area contributed by atoms with Crippen molar-refractivity contribution in [2.75, 3.05) is 0 Å². The summed E-state index contributed by atoms with van der Waals surface area (Å²) in [7, 11) is 0. The monoisotopic (exact) mass is 223 g/mol. The Bertz CT molecular complexity index is 602. The predicted octanol–water partition coefficient (Wildman–Crippen LogP) is 2.72. The number of hydrogen-bond donors (Lipinski definition) is 0. The molecule has 0 aliphatic heterocycles. The van der Waals surface area contributed by atoms with Crippen LogP contribution in [0.25, 0.3) is 11.1 Å². The summed E-state index contributed by atoms with van der Waals surface area (Å²) in [6, 6.07) is 10.4. The van der Waals surface area contributed by atoms with Crippen molar-refractivity contribution in [3.8, 4) is 11.1 Å². The number of rotatable bonds is 1. The maximum Gasteiger partial charge on any atom is 0.141 e. The lowest BCUT2D eigenvalue weighted by Gasteiger charge is -2.05. The maximum atomic E-state index is 11.4. The number of carbonyl (C=O) groups excluding carboxylic acids is 1. The van der Waals surface area contributed by atoms with Crippen molar-refractivity contribution in [3.63, 3.8) is 0 Å². The van der Waals surface area contributed by atoms with Crippen LogP contribution >= 0.6 is 0 Å². The van der Waals surface area contributed by atoms with Gasteiger partial charge in [-0.25, -0.2) is 0 Å². The normalized spacial score (nSPS) is 13.8. The quantitative estimate of drug-likeness (QED) is 0.744. The van der Waals surface area contributed by atoms with Gasteiger partial charge in [0, 0.05) is 24.7 Å². The Morgan fingerprint density at radius 1 is 1.00 bits per heavy atom. The molecule has 0 bridgehead atoms. The number of benzene rings is 1. The fraction of sp³-hybridized carbons (Fsp3) is 0.200. The highest BCUT2D eigenvalue weighted by atomic mass is 16.1. The minimum Gasteiger partial charge on any atom is -0.299 e. The van der Waals surface area contributed by atoms with E-state index in [0.717, 1.165) is 5.69 Å². The molecule has 0 radical (unpaired) electrons. The number of hydrogen-bond acceptors (Lipinski definition) is 2. The molecule has 1 aliphatic rings. The van der Waals surface area contributed by atoms with Crippen molar-refractivity contribution < 1.29 is 4.79 Å². The highest BCUT2D eigenvalue weighted by molar-refractivity contribution is 5.88. The average Bonchev–Trinajstić information content (AvgIpc) is 2.68. The number of fused-ring (bicyclic) bond motifs is 1. The van der Waals surface area contributed by atoms with Gasteiger partial charge in [-0.1, -0.05) is 18.2 Å². The Labute approximate surface area is 100 Å². The number of Topliss-reactive ketones (excluding diaryl/α,β-unsaturated/α-hetero) is 1. The van der Waals surface area contributed by atoms with Gasteiger partial charge < -0.3 is 0 Å². The Hall–Kier alpha value is -1.96. The Kier molecular flexibility index (Phi) is 2.29. The number of nitrogens with zero attached hydrogens (tertiary/aromatic N) is 1. The van der Waals surface area contributed by atoms with Gasteiger partial charge in [0.25, 0.3) is 0 Å². The third-order valence-electron chi connectivity index (χ3n) is 3.21. The molecule has 17 heavy (non-hydrogen) atoms. The topological polar surface area (TPSA) is 30.0 Å². The molecule has 0 amide bonds. The molecule has 1 heterocycles. The predicted molar refractivity (Wildman–Crippen MR) is 66.8 cm³/mol. The van der Waals surface area contributed by atoms with Gasteiger partial charge in [-0.05, 0) is 41.3 Å². The maximum absolute atomic E-state index is 11.4. The summed E-state index contributed by atoms with van der Waals surface area (Å²) in [5.74, 6) is 0.322. The van der Waals surface area contributed by atoms with Crippen molar-refractivity contribution in [1.29, 1.82) is 0 Å². The second-order valence-corrected chi connectivity index (χ2v) is 4.56. The van der Waals surface area contributed by atoms with Crippen LogP contribution in [0.1, 0.15) is 16.8 Å². The van der Waals surface area contributed by atoms with Gasteiger partial charge >= 0.3 is 0 Å². The van der Waals surface area contributed by atoms with Crippen LogP contribution in [-0.4, -0.2) is 10.8 Å². The Morgan fingerprint density at radius 2 is 1.76 bits per heavy atom. The van der Waals surface area contributed by atoms with Crippen molar-refractivity contribution in [2.24, 2.45) is 0 Å². The number of carbonyl (C=O) groups is 1. The van der Waals surface area contributed by atoms with Crippen LogP contribution < -0.4 is 0 Å². The van der Waals surface area contributed by atoms with Crippen LogP contribution in [0.5, 0.6) is 0 Å². The van der Waals surface area contributed by atoms with E-state index in [1.807, 2.05) is 19.2 Å². The first-order valence-electron chi connectivity index (χ1n) is 5.79. The SMILES string of the molecule is Cc1cc(-c2ccc3c(c2)CC(=O)C3)ccn1. The smallest absolute Gasteiger partial charge is 0.141 e. The third-order valence-corrected chi connectivity index (χ3v) is 3.21. The van der Waals surface area contributed by atoms with E-state index < -0.39 is 0 Å². The van der Waals surface area contributed by atoms with E-state index in [2.05, 4.69) is 29.2 Å². The molecule has 2 aromatic rings. The van der Waals surface area contributed by atoms with Crippen LogP contribution in [0.3, 0.4) is 0 Å². The standard InChI is InChI=1S/C15H13NO/c1-10-6-13(4-5-16-10)11-2-3-12-8-15(17)9-14(12)7-11/h2-7H,8-9H2,1H3. The van der Waals surface area contributed by atoms with Crippen molar-refractivity contribution >= 4 is 5.78 Å². The third kappa shape index (κ3) is 1.86. The van der Waals surface area contributed by atoms with Gasteiger partial charge in [0.1, 0.15) is 5.78 Å². The summed E-state index contributed by atoms with van der Waals surface area (Å²) in [5, 5.41) is 0. The van der Waals surface area contributed by atoms with E-state index >= 15 is 0 Å². The molecule has 0 atom stereocenters. The summed E-state index contributed by atoms with van der Waals surface area (Å²) >= 11 is 0. The first kappa shape index (κ1) is 10.2. The van der Waals surface area contributed by atoms with Crippen molar-refractivity contribution in [1.82, 2.24) is 4.98 Å². The lowest BCUT2D eigenvalue weighted by atomic mass is 10.0. The summed E-state index contributed by atoms with van der Waals surface area (Å²) in [6.45, 7) is 1.99. The molecule has 0 spiro atoms. The van der Waals surface area contributed by atoms with Gasteiger partial charge in [0.05, 0.1) is 0 Å². The minimum absolute atomic E-state index is 0.322. The van der Waals surface area contributed by atoms with Gasteiger partial charge in [0.15, 0.2) is 0 Å². The molecule has 0 saturated carbocycles. The molecule has 2 nitrogen and oxygen atoms in total. The zero-order chi connectivity index (χ0) is 11.8. The summed E-state index contributed by atoms with van der Waals surface area (Å²) in [5.41, 5.74) is 5.72. The number of pyridine rings is 1. The first-order chi connectivity index (χ1) is 8.22. The van der Waals surface area contributed by atoms with E-state index in [4.69, 9.17) is 0 Å². The van der Waals surface area contributed by atoms with E-state index in [-0.39, 0.29) is 0 Å². The van der Waals surface area contributed by atoms with Crippen molar-refractivity contribution in [2.45, 2.75) is 19.8 Å².